The van der Waals surface area contributed by atoms with Gasteiger partial charge in [-0.15, -0.1) is 0 Å². The third-order valence-corrected chi connectivity index (χ3v) is 2.26. The number of hydrogen-bond acceptors (Lipinski definition) is 3. The smallest absolute Gasteiger partial charge is 0.315 e. The van der Waals surface area contributed by atoms with Crippen LogP contribution in [0.5, 0.6) is 0 Å². The van der Waals surface area contributed by atoms with Crippen molar-refractivity contribution in [2.75, 3.05) is 24.7 Å². The van der Waals surface area contributed by atoms with Crippen molar-refractivity contribution in [3.8, 4) is 0 Å². The Labute approximate surface area is 79.9 Å². The zero-order chi connectivity index (χ0) is 10.1. The Balaban J connectivity index is 3.12. The van der Waals surface area contributed by atoms with E-state index in [2.05, 4.69) is 5.32 Å². The van der Waals surface area contributed by atoms with Gasteiger partial charge in [-0.25, -0.2) is 0 Å². The highest BCUT2D eigenvalue weighted by Crippen LogP contribution is 2.00. The van der Waals surface area contributed by atoms with E-state index >= 15 is 0 Å². The molecule has 2 N–H and O–H groups in total. The normalized spacial score (nSPS) is 10.5. The van der Waals surface area contributed by atoms with Crippen LogP contribution in [0.1, 0.15) is 6.42 Å². The summed E-state index contributed by atoms with van der Waals surface area (Å²) in [6.45, 7) is 0.385. The molecule has 0 aliphatic heterocycles. The van der Waals surface area contributed by atoms with Crippen molar-refractivity contribution in [1.29, 1.82) is 0 Å². The van der Waals surface area contributed by atoms with Gasteiger partial charge < -0.3 is 10.4 Å². The average Bonchev–Trinajstić information content (AvgIpc) is 2.10. The summed E-state index contributed by atoms with van der Waals surface area (Å²) in [6, 6.07) is 0. The Morgan fingerprint density at radius 1 is 1.46 bits per heavy atom. The van der Waals surface area contributed by atoms with Crippen molar-refractivity contribution in [3.05, 3.63) is 0 Å². The lowest BCUT2D eigenvalue weighted by atomic mass is 10.5. The number of thioether (sulfide) groups is 1. The number of alkyl halides is 2. The SMILES string of the molecule is O=C(NCCSCCCO)C(F)F. The van der Waals surface area contributed by atoms with Crippen LogP contribution >= 0.6 is 11.8 Å². The van der Waals surface area contributed by atoms with Gasteiger partial charge in [-0.1, -0.05) is 0 Å². The monoisotopic (exact) mass is 213 g/mol. The molecule has 1 amide bonds. The minimum Gasteiger partial charge on any atom is -0.396 e. The quantitative estimate of drug-likeness (QED) is 0.605. The molecular weight excluding hydrogens is 200 g/mol. The molecule has 6 heteroatoms. The van der Waals surface area contributed by atoms with Crippen LogP contribution in [-0.2, 0) is 4.79 Å². The highest BCUT2D eigenvalue weighted by atomic mass is 32.2. The van der Waals surface area contributed by atoms with Gasteiger partial charge in [-0.2, -0.15) is 20.5 Å². The third-order valence-electron chi connectivity index (χ3n) is 1.19. The molecule has 0 bridgehead atoms. The molecule has 0 aromatic carbocycles. The standard InChI is InChI=1S/C7H13F2NO2S/c8-6(9)7(12)10-2-5-13-4-1-3-11/h6,11H,1-5H2,(H,10,12). The van der Waals surface area contributed by atoms with Crippen LogP contribution < -0.4 is 5.32 Å². The van der Waals surface area contributed by atoms with Gasteiger partial charge in [0.25, 0.3) is 5.91 Å². The highest BCUT2D eigenvalue weighted by Gasteiger charge is 2.13. The van der Waals surface area contributed by atoms with E-state index in [0.29, 0.717) is 12.2 Å². The summed E-state index contributed by atoms with van der Waals surface area (Å²) in [4.78, 5) is 10.3. The number of aliphatic hydroxyl groups is 1. The van der Waals surface area contributed by atoms with Crippen LogP contribution in [-0.4, -0.2) is 42.1 Å². The number of rotatable bonds is 7. The molecule has 0 unspecified atom stereocenters. The molecule has 0 aliphatic rings. The molecule has 13 heavy (non-hydrogen) atoms. The second-order valence-corrected chi connectivity index (χ2v) is 3.51. The van der Waals surface area contributed by atoms with E-state index in [4.69, 9.17) is 5.11 Å². The fraction of sp³-hybridized carbons (Fsp3) is 0.857. The molecule has 0 heterocycles. The zero-order valence-electron chi connectivity index (χ0n) is 7.13. The second-order valence-electron chi connectivity index (χ2n) is 2.28. The molecule has 0 saturated heterocycles. The fourth-order valence-electron chi connectivity index (χ4n) is 0.592. The number of amides is 1. The predicted molar refractivity (Wildman–Crippen MR) is 48.0 cm³/mol. The lowest BCUT2D eigenvalue weighted by Gasteiger charge is -2.03. The summed E-state index contributed by atoms with van der Waals surface area (Å²) in [5.74, 6) is 0.155. The zero-order valence-corrected chi connectivity index (χ0v) is 7.95. The van der Waals surface area contributed by atoms with Crippen LogP contribution in [0.4, 0.5) is 8.78 Å². The Bertz CT molecular complexity index is 146. The number of nitrogens with one attached hydrogen (secondary N) is 1. The first-order valence-corrected chi connectivity index (χ1v) is 5.08. The second kappa shape index (κ2) is 8.25. The maximum Gasteiger partial charge on any atom is 0.315 e. The van der Waals surface area contributed by atoms with Crippen molar-refractivity contribution in [3.63, 3.8) is 0 Å². The van der Waals surface area contributed by atoms with E-state index in [-0.39, 0.29) is 13.2 Å². The van der Waals surface area contributed by atoms with Crippen molar-refractivity contribution in [2.45, 2.75) is 12.8 Å². The van der Waals surface area contributed by atoms with Gasteiger partial charge >= 0.3 is 6.43 Å². The van der Waals surface area contributed by atoms with Crippen molar-refractivity contribution >= 4 is 17.7 Å². The maximum atomic E-state index is 11.6. The molecule has 0 rings (SSSR count). The first-order chi connectivity index (χ1) is 6.18. The summed E-state index contributed by atoms with van der Waals surface area (Å²) in [7, 11) is 0. The molecule has 3 nitrogen and oxygen atoms in total. The minimum absolute atomic E-state index is 0.135. The molecule has 0 aromatic rings. The first-order valence-electron chi connectivity index (χ1n) is 3.93. The average molecular weight is 213 g/mol. The number of carbonyl (C=O) groups excluding carboxylic acids is 1. The number of aliphatic hydroxyl groups excluding tert-OH is 1. The summed E-state index contributed by atoms with van der Waals surface area (Å²) < 4.78 is 23.2. The fourth-order valence-corrected chi connectivity index (χ4v) is 1.38. The van der Waals surface area contributed by atoms with E-state index in [1.165, 1.54) is 11.8 Å². The number of hydrogen-bond donors (Lipinski definition) is 2. The minimum atomic E-state index is -2.93. The molecule has 0 spiro atoms. The summed E-state index contributed by atoms with van der Waals surface area (Å²) in [6.07, 6.45) is -2.24. The van der Waals surface area contributed by atoms with E-state index in [1.807, 2.05) is 0 Å². The first kappa shape index (κ1) is 12.6. The molecule has 0 fully saturated rings. The van der Waals surface area contributed by atoms with Gasteiger partial charge in [-0.05, 0) is 12.2 Å². The van der Waals surface area contributed by atoms with Gasteiger partial charge in [0.1, 0.15) is 0 Å². The molecule has 0 atom stereocenters. The number of carbonyl (C=O) groups is 1. The van der Waals surface area contributed by atoms with Crippen LogP contribution in [0.3, 0.4) is 0 Å². The van der Waals surface area contributed by atoms with E-state index < -0.39 is 12.3 Å². The Morgan fingerprint density at radius 2 is 2.15 bits per heavy atom. The van der Waals surface area contributed by atoms with Crippen LogP contribution in [0.15, 0.2) is 0 Å². The van der Waals surface area contributed by atoms with Gasteiger partial charge in [-0.3, -0.25) is 4.79 Å². The summed E-state index contributed by atoms with van der Waals surface area (Å²) in [5.41, 5.74) is 0. The van der Waals surface area contributed by atoms with Crippen LogP contribution in [0, 0.1) is 0 Å². The van der Waals surface area contributed by atoms with E-state index in [1.54, 1.807) is 0 Å². The number of halogens is 2. The molecule has 0 aliphatic carbocycles. The largest absolute Gasteiger partial charge is 0.396 e. The third kappa shape index (κ3) is 7.98. The van der Waals surface area contributed by atoms with Crippen LogP contribution in [0.2, 0.25) is 0 Å². The van der Waals surface area contributed by atoms with Gasteiger partial charge in [0.05, 0.1) is 0 Å². The molecule has 78 valence electrons. The van der Waals surface area contributed by atoms with E-state index in [0.717, 1.165) is 5.75 Å². The lowest BCUT2D eigenvalue weighted by molar-refractivity contribution is -0.131. The lowest BCUT2D eigenvalue weighted by Crippen LogP contribution is -2.31. The molecule has 0 radical (unpaired) electrons. The van der Waals surface area contributed by atoms with Crippen LogP contribution in [0.25, 0.3) is 0 Å². The van der Waals surface area contributed by atoms with Crippen molar-refractivity contribution in [1.82, 2.24) is 5.32 Å². The summed E-state index contributed by atoms with van der Waals surface area (Å²) in [5, 5.41) is 10.5. The van der Waals surface area contributed by atoms with Gasteiger partial charge in [0, 0.05) is 18.9 Å². The molecule has 0 aromatic heterocycles. The summed E-state index contributed by atoms with van der Waals surface area (Å²) >= 11 is 1.51. The Kier molecular flexibility index (Phi) is 8.02. The predicted octanol–water partition coefficient (Wildman–Crippen LogP) is 0.483. The van der Waals surface area contributed by atoms with Gasteiger partial charge in [0.2, 0.25) is 0 Å². The topological polar surface area (TPSA) is 49.3 Å². The Hall–Kier alpha value is -0.360. The maximum absolute atomic E-state index is 11.6. The molecule has 0 saturated carbocycles. The molecular formula is C7H13F2NO2S. The van der Waals surface area contributed by atoms with E-state index in [9.17, 15) is 13.6 Å². The Morgan fingerprint density at radius 3 is 2.69 bits per heavy atom. The van der Waals surface area contributed by atoms with Crippen molar-refractivity contribution in [2.24, 2.45) is 0 Å². The van der Waals surface area contributed by atoms with Crippen molar-refractivity contribution < 1.29 is 18.7 Å². The highest BCUT2D eigenvalue weighted by molar-refractivity contribution is 7.99. The van der Waals surface area contributed by atoms with Gasteiger partial charge in [0.15, 0.2) is 0 Å².